The number of hydrogen-bond donors (Lipinski definition) is 3. The van der Waals surface area contributed by atoms with Crippen LogP contribution in [0.25, 0.3) is 0 Å². The number of hydroxylamine groups is 1. The molecule has 1 unspecified atom stereocenters. The third kappa shape index (κ3) is 9.14. The number of ether oxygens (including phenoxy) is 2. The fourth-order valence-corrected chi connectivity index (χ4v) is 2.88. The average molecular weight is 439 g/mol. The lowest BCUT2D eigenvalue weighted by Gasteiger charge is -2.32. The number of benzene rings is 1. The Bertz CT molecular complexity index is 748. The highest BCUT2D eigenvalue weighted by molar-refractivity contribution is 5.85. The van der Waals surface area contributed by atoms with Crippen molar-refractivity contribution < 1.29 is 43.7 Å². The van der Waals surface area contributed by atoms with Crippen LogP contribution in [0.4, 0.5) is 0 Å². The maximum Gasteiger partial charge on any atom is 0.341 e. The van der Waals surface area contributed by atoms with Gasteiger partial charge in [-0.05, 0) is 36.5 Å². The Morgan fingerprint density at radius 1 is 1.13 bits per heavy atom. The molecule has 0 saturated carbocycles. The molecule has 3 N–H and O–H groups in total. The summed E-state index contributed by atoms with van der Waals surface area (Å²) in [7, 11) is 1.52. The first-order chi connectivity index (χ1) is 14.6. The summed E-state index contributed by atoms with van der Waals surface area (Å²) in [5.41, 5.74) is 1.11. The summed E-state index contributed by atoms with van der Waals surface area (Å²) in [5.74, 6) is -2.83. The van der Waals surface area contributed by atoms with Crippen LogP contribution in [0.15, 0.2) is 24.3 Å². The van der Waals surface area contributed by atoms with Crippen molar-refractivity contribution in [2.24, 2.45) is 5.92 Å². The summed E-state index contributed by atoms with van der Waals surface area (Å²) in [6.07, 6.45) is -0.669. The number of hydrogen-bond acceptors (Lipinski definition) is 8. The van der Waals surface area contributed by atoms with Gasteiger partial charge in [-0.1, -0.05) is 26.0 Å². The van der Waals surface area contributed by atoms with Gasteiger partial charge in [-0.25, -0.2) is 4.79 Å². The monoisotopic (exact) mass is 439 g/mol. The lowest BCUT2D eigenvalue weighted by molar-refractivity contribution is -0.197. The Kier molecular flexibility index (Phi) is 10.6. The standard InChI is InChI=1S/C21H29NO9/c1-14(2)10-21(11-19(26)27,31-22-16(12-23)6-9-18(24)25)20(28)30-13-15-4-7-17(29-3)8-5-15/h4-5,7-8,12,14,16,22H,6,9-11,13H2,1-3H3,(H,24,25)(H,26,27)/t16-,21?/m1/s1. The molecule has 172 valence electrons. The molecule has 0 amide bonds. The van der Waals surface area contributed by atoms with E-state index in [0.29, 0.717) is 17.6 Å². The zero-order valence-corrected chi connectivity index (χ0v) is 17.8. The normalized spacial score (nSPS) is 13.8. The van der Waals surface area contributed by atoms with E-state index >= 15 is 0 Å². The molecule has 1 aromatic carbocycles. The van der Waals surface area contributed by atoms with E-state index in [2.05, 4.69) is 5.48 Å². The van der Waals surface area contributed by atoms with Crippen LogP contribution in [0.2, 0.25) is 0 Å². The Balaban J connectivity index is 2.99. The molecule has 0 aliphatic rings. The molecule has 31 heavy (non-hydrogen) atoms. The van der Waals surface area contributed by atoms with Gasteiger partial charge >= 0.3 is 17.9 Å². The second-order valence-corrected chi connectivity index (χ2v) is 7.48. The number of carbonyl (C=O) groups is 4. The molecule has 0 aromatic heterocycles. The fraction of sp³-hybridized carbons (Fsp3) is 0.524. The molecule has 10 nitrogen and oxygen atoms in total. The average Bonchev–Trinajstić information content (AvgIpc) is 2.71. The topological polar surface area (TPSA) is 148 Å². The van der Waals surface area contributed by atoms with Crippen LogP contribution in [-0.2, 0) is 35.4 Å². The van der Waals surface area contributed by atoms with Crippen LogP contribution in [0.3, 0.4) is 0 Å². The molecule has 0 bridgehead atoms. The predicted molar refractivity (Wildman–Crippen MR) is 108 cm³/mol. The van der Waals surface area contributed by atoms with Gasteiger partial charge in [-0.2, -0.15) is 5.48 Å². The van der Waals surface area contributed by atoms with E-state index in [1.54, 1.807) is 38.1 Å². The molecule has 2 atom stereocenters. The largest absolute Gasteiger partial charge is 0.497 e. The Morgan fingerprint density at radius 3 is 2.26 bits per heavy atom. The lowest BCUT2D eigenvalue weighted by atomic mass is 9.89. The summed E-state index contributed by atoms with van der Waals surface area (Å²) < 4.78 is 10.4. The van der Waals surface area contributed by atoms with Crippen molar-refractivity contribution in [2.75, 3.05) is 7.11 Å². The fourth-order valence-electron chi connectivity index (χ4n) is 2.88. The van der Waals surface area contributed by atoms with Gasteiger partial charge in [-0.15, -0.1) is 0 Å². The summed E-state index contributed by atoms with van der Waals surface area (Å²) in [6, 6.07) is 5.74. The van der Waals surface area contributed by atoms with E-state index in [1.807, 2.05) is 0 Å². The zero-order chi connectivity index (χ0) is 23.4. The number of aliphatic carboxylic acids is 2. The number of aldehydes is 1. The number of carboxylic acid groups (broad SMARTS) is 2. The molecule has 0 aliphatic heterocycles. The van der Waals surface area contributed by atoms with Gasteiger partial charge < -0.3 is 24.5 Å². The summed E-state index contributed by atoms with van der Waals surface area (Å²) >= 11 is 0. The van der Waals surface area contributed by atoms with E-state index in [0.717, 1.165) is 0 Å². The summed E-state index contributed by atoms with van der Waals surface area (Å²) in [4.78, 5) is 51.9. The number of rotatable bonds is 15. The highest BCUT2D eigenvalue weighted by Gasteiger charge is 2.45. The SMILES string of the molecule is COc1ccc(COC(=O)C(CC(=O)O)(CC(C)C)ON[C@@H](C=O)CCC(=O)O)cc1. The Morgan fingerprint density at radius 2 is 1.77 bits per heavy atom. The number of esters is 1. The molecule has 0 aliphatic carbocycles. The van der Waals surface area contributed by atoms with Gasteiger partial charge in [0.15, 0.2) is 5.60 Å². The maximum atomic E-state index is 12.9. The minimum atomic E-state index is -1.91. The highest BCUT2D eigenvalue weighted by atomic mass is 16.7. The van der Waals surface area contributed by atoms with Gasteiger partial charge in [-0.3, -0.25) is 14.4 Å². The van der Waals surface area contributed by atoms with Gasteiger partial charge in [0.2, 0.25) is 0 Å². The quantitative estimate of drug-likeness (QED) is 0.210. The van der Waals surface area contributed by atoms with Gasteiger partial charge in [0, 0.05) is 6.42 Å². The molecular formula is C21H29NO9. The molecule has 10 heteroatoms. The van der Waals surface area contributed by atoms with Crippen molar-refractivity contribution in [3.8, 4) is 5.75 Å². The van der Waals surface area contributed by atoms with Gasteiger partial charge in [0.05, 0.1) is 19.6 Å². The van der Waals surface area contributed by atoms with E-state index in [4.69, 9.17) is 19.4 Å². The first-order valence-corrected chi connectivity index (χ1v) is 9.74. The maximum absolute atomic E-state index is 12.9. The molecule has 1 aromatic rings. The second kappa shape index (κ2) is 12.7. The molecule has 0 radical (unpaired) electrons. The third-order valence-electron chi connectivity index (χ3n) is 4.31. The molecular weight excluding hydrogens is 410 g/mol. The van der Waals surface area contributed by atoms with Crippen molar-refractivity contribution >= 4 is 24.2 Å². The smallest absolute Gasteiger partial charge is 0.341 e. The molecule has 1 rings (SSSR count). The number of carboxylic acids is 2. The van der Waals surface area contributed by atoms with E-state index in [-0.39, 0.29) is 31.8 Å². The van der Waals surface area contributed by atoms with Gasteiger partial charge in [0.1, 0.15) is 18.6 Å². The third-order valence-corrected chi connectivity index (χ3v) is 4.31. The van der Waals surface area contributed by atoms with Crippen molar-refractivity contribution in [1.29, 1.82) is 0 Å². The van der Waals surface area contributed by atoms with Crippen molar-refractivity contribution in [3.05, 3.63) is 29.8 Å². The van der Waals surface area contributed by atoms with Crippen LogP contribution in [0, 0.1) is 5.92 Å². The number of methoxy groups -OCH3 is 1. The summed E-state index contributed by atoms with van der Waals surface area (Å²) in [6.45, 7) is 3.43. The highest BCUT2D eigenvalue weighted by Crippen LogP contribution is 2.27. The molecule has 0 heterocycles. The second-order valence-electron chi connectivity index (χ2n) is 7.48. The van der Waals surface area contributed by atoms with Crippen LogP contribution >= 0.6 is 0 Å². The zero-order valence-electron chi connectivity index (χ0n) is 17.8. The van der Waals surface area contributed by atoms with Crippen molar-refractivity contribution in [3.63, 3.8) is 0 Å². The molecule has 0 fully saturated rings. The minimum Gasteiger partial charge on any atom is -0.497 e. The van der Waals surface area contributed by atoms with Gasteiger partial charge in [0.25, 0.3) is 0 Å². The number of carbonyl (C=O) groups excluding carboxylic acids is 2. The Labute approximate surface area is 180 Å². The predicted octanol–water partition coefficient (Wildman–Crippen LogP) is 1.95. The molecule has 0 saturated heterocycles. The molecule has 0 spiro atoms. The lowest BCUT2D eigenvalue weighted by Crippen LogP contribution is -2.51. The van der Waals surface area contributed by atoms with Crippen molar-refractivity contribution in [2.45, 2.75) is 57.8 Å². The van der Waals surface area contributed by atoms with Crippen LogP contribution < -0.4 is 10.2 Å². The van der Waals surface area contributed by atoms with Crippen LogP contribution in [0.5, 0.6) is 5.75 Å². The van der Waals surface area contributed by atoms with E-state index in [9.17, 15) is 24.3 Å². The first-order valence-electron chi connectivity index (χ1n) is 9.74. The minimum absolute atomic E-state index is 0.00173. The van der Waals surface area contributed by atoms with Crippen LogP contribution in [-0.4, -0.2) is 53.2 Å². The first kappa shape index (κ1) is 26.1. The van der Waals surface area contributed by atoms with E-state index < -0.39 is 36.0 Å². The summed E-state index contributed by atoms with van der Waals surface area (Å²) in [5, 5.41) is 18.2. The number of nitrogens with one attached hydrogen (secondary N) is 1. The van der Waals surface area contributed by atoms with E-state index in [1.165, 1.54) is 7.11 Å². The van der Waals surface area contributed by atoms with Crippen LogP contribution in [0.1, 0.15) is 45.1 Å². The Hall–Kier alpha value is -2.98. The van der Waals surface area contributed by atoms with Crippen molar-refractivity contribution in [1.82, 2.24) is 5.48 Å².